The van der Waals surface area contributed by atoms with Crippen LogP contribution < -0.4 is 11.1 Å². The standard InChI is InChI=1S/C14H17ClFN3O/c15-12-7-10(4-5-13(12)16)18-14(20)9-19-6-2-1-3-11(19)8-17/h1,3-5,7,11H,2,6,8-9,17H2,(H,18,20). The van der Waals surface area contributed by atoms with E-state index in [1.165, 1.54) is 18.2 Å². The summed E-state index contributed by atoms with van der Waals surface area (Å²) in [5, 5.41) is 2.69. The van der Waals surface area contributed by atoms with Crippen molar-refractivity contribution >= 4 is 23.2 Å². The minimum absolute atomic E-state index is 0.0106. The van der Waals surface area contributed by atoms with Crippen LogP contribution in [0.5, 0.6) is 0 Å². The monoisotopic (exact) mass is 297 g/mol. The summed E-state index contributed by atoms with van der Waals surface area (Å²) in [4.78, 5) is 14.0. The van der Waals surface area contributed by atoms with Gasteiger partial charge in [-0.05, 0) is 24.6 Å². The molecule has 1 atom stereocenters. The molecular formula is C14H17ClFN3O. The number of rotatable bonds is 4. The van der Waals surface area contributed by atoms with Gasteiger partial charge in [-0.15, -0.1) is 0 Å². The molecule has 0 aromatic heterocycles. The minimum Gasteiger partial charge on any atom is -0.329 e. The number of amides is 1. The predicted octanol–water partition coefficient (Wildman–Crippen LogP) is 2.01. The first-order valence-corrected chi connectivity index (χ1v) is 6.83. The molecule has 1 aromatic carbocycles. The van der Waals surface area contributed by atoms with Crippen molar-refractivity contribution in [2.75, 3.05) is 25.0 Å². The highest BCUT2D eigenvalue weighted by Gasteiger charge is 2.19. The molecule has 6 heteroatoms. The number of nitrogens with zero attached hydrogens (tertiary/aromatic N) is 1. The Balaban J connectivity index is 1.95. The number of nitrogens with one attached hydrogen (secondary N) is 1. The van der Waals surface area contributed by atoms with Gasteiger partial charge < -0.3 is 11.1 Å². The van der Waals surface area contributed by atoms with Gasteiger partial charge in [0.05, 0.1) is 11.6 Å². The summed E-state index contributed by atoms with van der Waals surface area (Å²) in [7, 11) is 0. The summed E-state index contributed by atoms with van der Waals surface area (Å²) in [6, 6.07) is 4.19. The summed E-state index contributed by atoms with van der Waals surface area (Å²) < 4.78 is 13.0. The van der Waals surface area contributed by atoms with E-state index in [9.17, 15) is 9.18 Å². The molecule has 4 nitrogen and oxygen atoms in total. The Bertz CT molecular complexity index is 521. The van der Waals surface area contributed by atoms with Crippen LogP contribution in [-0.4, -0.2) is 36.5 Å². The van der Waals surface area contributed by atoms with Gasteiger partial charge in [0.25, 0.3) is 0 Å². The second kappa shape index (κ2) is 6.83. The molecule has 0 bridgehead atoms. The molecule has 1 heterocycles. The Labute approximate surface area is 122 Å². The lowest BCUT2D eigenvalue weighted by Gasteiger charge is -2.30. The summed E-state index contributed by atoms with van der Waals surface area (Å²) in [5.74, 6) is -0.671. The number of hydrogen-bond donors (Lipinski definition) is 2. The van der Waals surface area contributed by atoms with E-state index in [2.05, 4.69) is 11.4 Å². The average Bonchev–Trinajstić information content (AvgIpc) is 2.43. The molecule has 0 saturated carbocycles. The van der Waals surface area contributed by atoms with E-state index in [4.69, 9.17) is 17.3 Å². The van der Waals surface area contributed by atoms with Crippen LogP contribution in [0.4, 0.5) is 10.1 Å². The number of anilines is 1. The van der Waals surface area contributed by atoms with Gasteiger partial charge in [0.2, 0.25) is 5.91 Å². The molecule has 0 saturated heterocycles. The minimum atomic E-state index is -0.506. The average molecular weight is 298 g/mol. The van der Waals surface area contributed by atoms with Gasteiger partial charge in [0.1, 0.15) is 5.82 Å². The number of nitrogens with two attached hydrogens (primary N) is 1. The number of halogens is 2. The van der Waals surface area contributed by atoms with Crippen LogP contribution in [0, 0.1) is 5.82 Å². The van der Waals surface area contributed by atoms with Gasteiger partial charge >= 0.3 is 0 Å². The van der Waals surface area contributed by atoms with Crippen molar-refractivity contribution in [1.29, 1.82) is 0 Å². The van der Waals surface area contributed by atoms with Crippen molar-refractivity contribution in [1.82, 2.24) is 4.90 Å². The molecule has 0 radical (unpaired) electrons. The zero-order valence-electron chi connectivity index (χ0n) is 11.0. The van der Waals surface area contributed by atoms with Gasteiger partial charge in [-0.3, -0.25) is 9.69 Å². The van der Waals surface area contributed by atoms with Crippen LogP contribution >= 0.6 is 11.6 Å². The van der Waals surface area contributed by atoms with Gasteiger partial charge in [-0.2, -0.15) is 0 Å². The fraction of sp³-hybridized carbons (Fsp3) is 0.357. The van der Waals surface area contributed by atoms with Crippen molar-refractivity contribution in [3.05, 3.63) is 41.2 Å². The third-order valence-electron chi connectivity index (χ3n) is 3.20. The van der Waals surface area contributed by atoms with E-state index in [0.29, 0.717) is 12.2 Å². The maximum absolute atomic E-state index is 13.0. The molecule has 0 spiro atoms. The SMILES string of the molecule is NCC1C=CCCN1CC(=O)Nc1ccc(F)c(Cl)c1. The van der Waals surface area contributed by atoms with Crippen LogP contribution in [0.3, 0.4) is 0 Å². The molecule has 1 aromatic rings. The first kappa shape index (κ1) is 15.0. The van der Waals surface area contributed by atoms with Crippen LogP contribution in [-0.2, 0) is 4.79 Å². The lowest BCUT2D eigenvalue weighted by atomic mass is 10.1. The van der Waals surface area contributed by atoms with Crippen LogP contribution in [0.1, 0.15) is 6.42 Å². The highest BCUT2D eigenvalue weighted by atomic mass is 35.5. The van der Waals surface area contributed by atoms with E-state index in [-0.39, 0.29) is 23.5 Å². The smallest absolute Gasteiger partial charge is 0.238 e. The van der Waals surface area contributed by atoms with E-state index in [1.807, 2.05) is 11.0 Å². The topological polar surface area (TPSA) is 58.4 Å². The Kier molecular flexibility index (Phi) is 5.11. The van der Waals surface area contributed by atoms with E-state index >= 15 is 0 Å². The number of hydrogen-bond acceptors (Lipinski definition) is 3. The maximum atomic E-state index is 13.0. The number of carbonyl (C=O) groups is 1. The first-order valence-electron chi connectivity index (χ1n) is 6.46. The van der Waals surface area contributed by atoms with E-state index in [0.717, 1.165) is 13.0 Å². The quantitative estimate of drug-likeness (QED) is 0.836. The fourth-order valence-corrected chi connectivity index (χ4v) is 2.34. The van der Waals surface area contributed by atoms with Gasteiger partial charge in [-0.25, -0.2) is 4.39 Å². The summed E-state index contributed by atoms with van der Waals surface area (Å²) in [6.45, 7) is 1.53. The Morgan fingerprint density at radius 3 is 3.05 bits per heavy atom. The maximum Gasteiger partial charge on any atom is 0.238 e. The van der Waals surface area contributed by atoms with Crippen LogP contribution in [0.25, 0.3) is 0 Å². The molecule has 1 aliphatic heterocycles. The van der Waals surface area contributed by atoms with Crippen molar-refractivity contribution < 1.29 is 9.18 Å². The Morgan fingerprint density at radius 1 is 1.55 bits per heavy atom. The van der Waals surface area contributed by atoms with Crippen molar-refractivity contribution in [2.45, 2.75) is 12.5 Å². The van der Waals surface area contributed by atoms with Gasteiger partial charge in [-0.1, -0.05) is 23.8 Å². The third-order valence-corrected chi connectivity index (χ3v) is 3.49. The zero-order valence-corrected chi connectivity index (χ0v) is 11.7. The van der Waals surface area contributed by atoms with Crippen molar-refractivity contribution in [3.8, 4) is 0 Å². The molecule has 108 valence electrons. The Hall–Kier alpha value is -1.43. The molecule has 20 heavy (non-hydrogen) atoms. The predicted molar refractivity (Wildman–Crippen MR) is 78.2 cm³/mol. The van der Waals surface area contributed by atoms with Crippen molar-refractivity contribution in [3.63, 3.8) is 0 Å². The first-order chi connectivity index (χ1) is 9.60. The van der Waals surface area contributed by atoms with Crippen molar-refractivity contribution in [2.24, 2.45) is 5.73 Å². The molecule has 0 aliphatic carbocycles. The van der Waals surface area contributed by atoms with Crippen LogP contribution in [0.15, 0.2) is 30.4 Å². The molecule has 3 N–H and O–H groups in total. The summed E-state index contributed by atoms with van der Waals surface area (Å²) in [5.41, 5.74) is 6.16. The fourth-order valence-electron chi connectivity index (χ4n) is 2.16. The second-order valence-electron chi connectivity index (χ2n) is 4.67. The lowest BCUT2D eigenvalue weighted by molar-refractivity contribution is -0.117. The largest absolute Gasteiger partial charge is 0.329 e. The summed E-state index contributed by atoms with van der Waals surface area (Å²) >= 11 is 5.67. The molecule has 1 unspecified atom stereocenters. The molecular weight excluding hydrogens is 281 g/mol. The van der Waals surface area contributed by atoms with E-state index < -0.39 is 5.82 Å². The summed E-state index contributed by atoms with van der Waals surface area (Å²) in [6.07, 6.45) is 5.00. The molecule has 1 amide bonds. The highest BCUT2D eigenvalue weighted by Crippen LogP contribution is 2.19. The molecule has 1 aliphatic rings. The van der Waals surface area contributed by atoms with Gasteiger partial charge in [0, 0.05) is 24.8 Å². The normalized spacial score (nSPS) is 19.1. The highest BCUT2D eigenvalue weighted by molar-refractivity contribution is 6.31. The second-order valence-corrected chi connectivity index (χ2v) is 5.07. The zero-order chi connectivity index (χ0) is 14.5. The molecule has 2 rings (SSSR count). The van der Waals surface area contributed by atoms with E-state index in [1.54, 1.807) is 0 Å². The third kappa shape index (κ3) is 3.79. The number of carbonyl (C=O) groups excluding carboxylic acids is 1. The van der Waals surface area contributed by atoms with Crippen LogP contribution in [0.2, 0.25) is 5.02 Å². The lowest BCUT2D eigenvalue weighted by Crippen LogP contribution is -2.45. The molecule has 0 fully saturated rings. The number of benzene rings is 1. The Morgan fingerprint density at radius 2 is 2.35 bits per heavy atom. The van der Waals surface area contributed by atoms with Gasteiger partial charge in [0.15, 0.2) is 0 Å².